The molecule has 0 saturated carbocycles. The molecule has 2 bridgehead atoms. The summed E-state index contributed by atoms with van der Waals surface area (Å²) >= 11 is 0. The summed E-state index contributed by atoms with van der Waals surface area (Å²) in [5, 5.41) is 0. The monoisotopic (exact) mass is 239 g/mol. The van der Waals surface area contributed by atoms with Crippen LogP contribution in [0.25, 0.3) is 0 Å². The molecular formula is C14H29N3. The van der Waals surface area contributed by atoms with E-state index >= 15 is 0 Å². The first-order valence-corrected chi connectivity index (χ1v) is 7.22. The number of fused-ring (bicyclic) bond motifs is 3. The van der Waals surface area contributed by atoms with Crippen LogP contribution in [0.15, 0.2) is 0 Å². The fraction of sp³-hybridized carbons (Fsp3) is 1.00. The highest BCUT2D eigenvalue weighted by molar-refractivity contribution is 4.93. The van der Waals surface area contributed by atoms with E-state index < -0.39 is 0 Å². The van der Waals surface area contributed by atoms with Gasteiger partial charge < -0.3 is 10.6 Å². The third kappa shape index (κ3) is 3.01. The van der Waals surface area contributed by atoms with Gasteiger partial charge in [0.1, 0.15) is 0 Å². The van der Waals surface area contributed by atoms with Crippen molar-refractivity contribution >= 4 is 0 Å². The summed E-state index contributed by atoms with van der Waals surface area (Å²) in [6.45, 7) is 13.9. The second-order valence-corrected chi connectivity index (χ2v) is 6.64. The molecule has 0 radical (unpaired) electrons. The molecule has 3 heterocycles. The van der Waals surface area contributed by atoms with Crippen LogP contribution in [-0.2, 0) is 0 Å². The van der Waals surface area contributed by atoms with Gasteiger partial charge in [-0.25, -0.2) is 0 Å². The number of likely N-dealkylation sites (N-methyl/N-ethyl adjacent to an activating group) is 1. The predicted molar refractivity (Wildman–Crippen MR) is 73.0 cm³/mol. The average molecular weight is 239 g/mol. The first-order valence-electron chi connectivity index (χ1n) is 7.22. The minimum atomic E-state index is 0.252. The minimum absolute atomic E-state index is 0.252. The lowest BCUT2D eigenvalue weighted by Crippen LogP contribution is -2.59. The Morgan fingerprint density at radius 2 is 1.94 bits per heavy atom. The van der Waals surface area contributed by atoms with E-state index in [1.807, 2.05) is 0 Å². The van der Waals surface area contributed by atoms with Crippen molar-refractivity contribution in [2.45, 2.75) is 39.7 Å². The zero-order valence-electron chi connectivity index (χ0n) is 11.8. The van der Waals surface area contributed by atoms with E-state index in [0.29, 0.717) is 0 Å². The van der Waals surface area contributed by atoms with E-state index in [0.717, 1.165) is 25.0 Å². The van der Waals surface area contributed by atoms with Crippen LogP contribution >= 0.6 is 0 Å². The molecule has 100 valence electrons. The van der Waals surface area contributed by atoms with Gasteiger partial charge in [0.25, 0.3) is 0 Å². The second kappa shape index (κ2) is 5.25. The first-order chi connectivity index (χ1) is 8.05. The molecule has 0 aromatic carbocycles. The number of nitrogens with two attached hydrogens (primary N) is 1. The van der Waals surface area contributed by atoms with Crippen LogP contribution in [0.5, 0.6) is 0 Å². The van der Waals surface area contributed by atoms with Gasteiger partial charge in [-0.15, -0.1) is 0 Å². The molecule has 17 heavy (non-hydrogen) atoms. The Kier molecular flexibility index (Phi) is 4.11. The minimum Gasteiger partial charge on any atom is -0.330 e. The summed E-state index contributed by atoms with van der Waals surface area (Å²) in [5.74, 6) is 0.938. The van der Waals surface area contributed by atoms with Gasteiger partial charge >= 0.3 is 0 Å². The Morgan fingerprint density at radius 3 is 2.35 bits per heavy atom. The van der Waals surface area contributed by atoms with Crippen molar-refractivity contribution in [2.75, 3.05) is 39.3 Å². The molecule has 3 heteroatoms. The van der Waals surface area contributed by atoms with Crippen molar-refractivity contribution in [3.8, 4) is 0 Å². The Hall–Kier alpha value is -0.120. The number of rotatable bonds is 5. The molecule has 0 aliphatic carbocycles. The highest BCUT2D eigenvalue weighted by Crippen LogP contribution is 2.32. The molecule has 3 aliphatic heterocycles. The Balaban J connectivity index is 1.98. The van der Waals surface area contributed by atoms with Gasteiger partial charge in [-0.3, -0.25) is 4.90 Å². The maximum Gasteiger partial charge on any atom is 0.0252 e. The molecular weight excluding hydrogens is 210 g/mol. The Morgan fingerprint density at radius 1 is 1.29 bits per heavy atom. The van der Waals surface area contributed by atoms with Gasteiger partial charge in [0.15, 0.2) is 0 Å². The van der Waals surface area contributed by atoms with Crippen LogP contribution < -0.4 is 5.73 Å². The summed E-state index contributed by atoms with van der Waals surface area (Å²) in [6, 6.07) is 0.785. The van der Waals surface area contributed by atoms with Gasteiger partial charge in [-0.05, 0) is 50.4 Å². The van der Waals surface area contributed by atoms with Gasteiger partial charge in [-0.1, -0.05) is 20.8 Å². The van der Waals surface area contributed by atoms with Crippen molar-refractivity contribution in [3.63, 3.8) is 0 Å². The quantitative estimate of drug-likeness (QED) is 0.787. The van der Waals surface area contributed by atoms with Crippen molar-refractivity contribution in [1.29, 1.82) is 0 Å². The topological polar surface area (TPSA) is 32.5 Å². The number of hydrogen-bond acceptors (Lipinski definition) is 3. The van der Waals surface area contributed by atoms with Crippen LogP contribution in [-0.4, -0.2) is 55.1 Å². The van der Waals surface area contributed by atoms with E-state index in [9.17, 15) is 0 Å². The van der Waals surface area contributed by atoms with E-state index in [1.54, 1.807) is 0 Å². The highest BCUT2D eigenvalue weighted by Gasteiger charge is 2.38. The first kappa shape index (κ1) is 13.3. The number of hydrogen-bond donors (Lipinski definition) is 1. The van der Waals surface area contributed by atoms with E-state index in [2.05, 4.69) is 30.6 Å². The Labute approximate surface area is 106 Å². The molecule has 3 saturated heterocycles. The van der Waals surface area contributed by atoms with Crippen molar-refractivity contribution in [2.24, 2.45) is 17.1 Å². The molecule has 3 rings (SSSR count). The van der Waals surface area contributed by atoms with Crippen LogP contribution in [0, 0.1) is 11.3 Å². The summed E-state index contributed by atoms with van der Waals surface area (Å²) in [7, 11) is 0. The molecule has 0 aromatic heterocycles. The lowest BCUT2D eigenvalue weighted by molar-refractivity contribution is -0.00602. The van der Waals surface area contributed by atoms with E-state index in [4.69, 9.17) is 5.73 Å². The summed E-state index contributed by atoms with van der Waals surface area (Å²) in [6.07, 6.45) is 2.81. The molecule has 2 N–H and O–H groups in total. The maximum absolute atomic E-state index is 5.88. The molecule has 0 spiro atoms. The van der Waals surface area contributed by atoms with Crippen molar-refractivity contribution in [3.05, 3.63) is 0 Å². The normalized spacial score (nSPS) is 33.4. The summed E-state index contributed by atoms with van der Waals surface area (Å²) in [4.78, 5) is 5.33. The molecule has 1 unspecified atom stereocenters. The third-order valence-electron chi connectivity index (χ3n) is 4.68. The fourth-order valence-corrected chi connectivity index (χ4v) is 3.43. The predicted octanol–water partition coefficient (Wildman–Crippen LogP) is 1.39. The largest absolute Gasteiger partial charge is 0.330 e. The molecule has 3 fully saturated rings. The van der Waals surface area contributed by atoms with Gasteiger partial charge in [-0.2, -0.15) is 0 Å². The number of piperidine rings is 3. The Bertz CT molecular complexity index is 244. The third-order valence-corrected chi connectivity index (χ3v) is 4.68. The zero-order valence-corrected chi connectivity index (χ0v) is 11.8. The molecule has 0 amide bonds. The smallest absolute Gasteiger partial charge is 0.0252 e. The zero-order chi connectivity index (χ0) is 12.5. The van der Waals surface area contributed by atoms with Crippen molar-refractivity contribution in [1.82, 2.24) is 9.80 Å². The average Bonchev–Trinajstić information content (AvgIpc) is 2.37. The maximum atomic E-state index is 5.88. The summed E-state index contributed by atoms with van der Waals surface area (Å²) in [5.41, 5.74) is 6.13. The lowest BCUT2D eigenvalue weighted by Gasteiger charge is -2.50. The summed E-state index contributed by atoms with van der Waals surface area (Å²) < 4.78 is 0. The van der Waals surface area contributed by atoms with Crippen LogP contribution in [0.3, 0.4) is 0 Å². The fourth-order valence-electron chi connectivity index (χ4n) is 3.43. The SMILES string of the molecule is CCN(CC(C)(C)CN)C1CN2CCC1CC2. The molecule has 0 aromatic rings. The molecule has 3 nitrogen and oxygen atoms in total. The van der Waals surface area contributed by atoms with Crippen LogP contribution in [0.1, 0.15) is 33.6 Å². The van der Waals surface area contributed by atoms with E-state index in [-0.39, 0.29) is 5.41 Å². The van der Waals surface area contributed by atoms with Gasteiger partial charge in [0.05, 0.1) is 0 Å². The van der Waals surface area contributed by atoms with Gasteiger partial charge in [0, 0.05) is 19.1 Å². The number of nitrogens with zero attached hydrogens (tertiary/aromatic N) is 2. The van der Waals surface area contributed by atoms with Crippen LogP contribution in [0.2, 0.25) is 0 Å². The second-order valence-electron chi connectivity index (χ2n) is 6.64. The highest BCUT2D eigenvalue weighted by atomic mass is 15.3. The van der Waals surface area contributed by atoms with E-state index in [1.165, 1.54) is 39.0 Å². The standard InChI is InChI=1S/C14H29N3/c1-4-17(11-14(2,3)10-15)13-9-16-7-5-12(13)6-8-16/h12-13H,4-11,15H2,1-3H3. The molecule has 3 aliphatic rings. The molecule has 1 atom stereocenters. The van der Waals surface area contributed by atoms with Crippen molar-refractivity contribution < 1.29 is 0 Å². The van der Waals surface area contributed by atoms with Gasteiger partial charge in [0.2, 0.25) is 0 Å². The van der Waals surface area contributed by atoms with Crippen LogP contribution in [0.4, 0.5) is 0 Å². The lowest BCUT2D eigenvalue weighted by atomic mass is 9.82.